The van der Waals surface area contributed by atoms with Crippen molar-refractivity contribution in [1.29, 1.82) is 0 Å². The summed E-state index contributed by atoms with van der Waals surface area (Å²) in [7, 11) is -3.40. The molecule has 0 aromatic heterocycles. The van der Waals surface area contributed by atoms with Crippen LogP contribution in [0.5, 0.6) is 0 Å². The molecular weight excluding hydrogens is 259 g/mol. The Bertz CT molecular complexity index is 564. The number of carbonyl (C=O) groups is 1. The highest BCUT2D eigenvalue weighted by Gasteiger charge is 2.62. The van der Waals surface area contributed by atoms with Crippen LogP contribution in [0.1, 0.15) is 18.4 Å². The third kappa shape index (κ3) is 2.12. The number of carboxylic acids is 1. The number of aliphatic carboxylic acids is 1. The highest BCUT2D eigenvalue weighted by atomic mass is 32.2. The molecule has 0 heterocycles. The number of hydrogen-bond acceptors (Lipinski definition) is 3. The zero-order valence-corrected chi connectivity index (χ0v) is 10.5. The highest BCUT2D eigenvalue weighted by molar-refractivity contribution is 7.92. The lowest BCUT2D eigenvalue weighted by atomic mass is 10.1. The van der Waals surface area contributed by atoms with Gasteiger partial charge in [-0.2, -0.15) is 0 Å². The zero-order chi connectivity index (χ0) is 13.5. The maximum Gasteiger partial charge on any atom is 0.308 e. The summed E-state index contributed by atoms with van der Waals surface area (Å²) in [6.45, 7) is 1.49. The molecule has 2 rings (SSSR count). The lowest BCUT2D eigenvalue weighted by Gasteiger charge is -2.00. The third-order valence-corrected chi connectivity index (χ3v) is 5.53. The molecule has 18 heavy (non-hydrogen) atoms. The van der Waals surface area contributed by atoms with E-state index in [0.29, 0.717) is 5.56 Å². The van der Waals surface area contributed by atoms with Crippen LogP contribution < -0.4 is 0 Å². The summed E-state index contributed by atoms with van der Waals surface area (Å²) in [6.07, 6.45) is 0. The molecule has 3 unspecified atom stereocenters. The Morgan fingerprint density at radius 3 is 2.33 bits per heavy atom. The normalized spacial score (nSPS) is 26.9. The summed E-state index contributed by atoms with van der Waals surface area (Å²) in [5.41, 5.74) is 0.561. The van der Waals surface area contributed by atoms with Crippen LogP contribution in [0.2, 0.25) is 0 Å². The SMILES string of the molecule is CCS(=O)(=O)C1C(C(=O)O)C1c1ccc(F)cc1. The number of hydrogen-bond donors (Lipinski definition) is 1. The van der Waals surface area contributed by atoms with Crippen molar-refractivity contribution in [2.75, 3.05) is 5.75 Å². The molecule has 1 saturated carbocycles. The van der Waals surface area contributed by atoms with Crippen molar-refractivity contribution >= 4 is 15.8 Å². The van der Waals surface area contributed by atoms with Gasteiger partial charge in [0.15, 0.2) is 9.84 Å². The van der Waals surface area contributed by atoms with E-state index in [-0.39, 0.29) is 5.75 Å². The van der Waals surface area contributed by atoms with E-state index in [2.05, 4.69) is 0 Å². The minimum Gasteiger partial charge on any atom is -0.481 e. The van der Waals surface area contributed by atoms with E-state index in [9.17, 15) is 17.6 Å². The summed E-state index contributed by atoms with van der Waals surface area (Å²) in [5, 5.41) is 8.15. The van der Waals surface area contributed by atoms with Gasteiger partial charge in [0.05, 0.1) is 11.2 Å². The maximum atomic E-state index is 12.8. The van der Waals surface area contributed by atoms with Gasteiger partial charge >= 0.3 is 5.97 Å². The van der Waals surface area contributed by atoms with Crippen molar-refractivity contribution in [2.24, 2.45) is 5.92 Å². The molecule has 4 nitrogen and oxygen atoms in total. The van der Waals surface area contributed by atoms with E-state index < -0.39 is 38.7 Å². The number of sulfone groups is 1. The van der Waals surface area contributed by atoms with E-state index in [1.807, 2.05) is 0 Å². The van der Waals surface area contributed by atoms with E-state index in [0.717, 1.165) is 0 Å². The summed E-state index contributed by atoms with van der Waals surface area (Å²) < 4.78 is 36.4. The van der Waals surface area contributed by atoms with Gasteiger partial charge in [0.25, 0.3) is 0 Å². The number of rotatable bonds is 4. The lowest BCUT2D eigenvalue weighted by molar-refractivity contribution is -0.138. The largest absolute Gasteiger partial charge is 0.481 e. The zero-order valence-electron chi connectivity index (χ0n) is 9.71. The van der Waals surface area contributed by atoms with Crippen LogP contribution in [-0.2, 0) is 14.6 Å². The van der Waals surface area contributed by atoms with Crippen molar-refractivity contribution < 1.29 is 22.7 Å². The Morgan fingerprint density at radius 1 is 1.33 bits per heavy atom. The van der Waals surface area contributed by atoms with Gasteiger partial charge < -0.3 is 5.11 Å². The van der Waals surface area contributed by atoms with Gasteiger partial charge in [0, 0.05) is 11.7 Å². The maximum absolute atomic E-state index is 12.8. The predicted octanol–water partition coefficient (Wildman–Crippen LogP) is 1.43. The van der Waals surface area contributed by atoms with E-state index in [1.54, 1.807) is 0 Å². The average Bonchev–Trinajstić information content (AvgIpc) is 3.06. The fourth-order valence-electron chi connectivity index (χ4n) is 2.30. The fraction of sp³-hybridized carbons (Fsp3) is 0.417. The Morgan fingerprint density at radius 2 is 1.89 bits per heavy atom. The summed E-state index contributed by atoms with van der Waals surface area (Å²) in [5.74, 6) is -3.11. The van der Waals surface area contributed by atoms with E-state index in [1.165, 1.54) is 31.2 Å². The standard InChI is InChI=1S/C12H13FO4S/c1-2-18(16,17)11-9(10(11)12(14)15)7-3-5-8(13)6-4-7/h3-6,9-11H,2H2,1H3,(H,14,15). The second kappa shape index (κ2) is 4.35. The Labute approximate surface area is 104 Å². The van der Waals surface area contributed by atoms with Crippen molar-refractivity contribution in [3.8, 4) is 0 Å². The van der Waals surface area contributed by atoms with Gasteiger partial charge in [-0.3, -0.25) is 4.79 Å². The molecule has 0 saturated heterocycles. The minimum absolute atomic E-state index is 0.0842. The predicted molar refractivity (Wildman–Crippen MR) is 63.5 cm³/mol. The minimum atomic E-state index is -3.40. The molecule has 1 fully saturated rings. The van der Waals surface area contributed by atoms with Crippen molar-refractivity contribution in [3.63, 3.8) is 0 Å². The van der Waals surface area contributed by atoms with Crippen LogP contribution in [0.15, 0.2) is 24.3 Å². The van der Waals surface area contributed by atoms with Gasteiger partial charge in [0.2, 0.25) is 0 Å². The molecule has 6 heteroatoms. The second-order valence-electron chi connectivity index (χ2n) is 4.36. The summed E-state index contributed by atoms with van der Waals surface area (Å²) >= 11 is 0. The molecule has 1 aliphatic carbocycles. The topological polar surface area (TPSA) is 71.4 Å². The molecule has 0 bridgehead atoms. The first kappa shape index (κ1) is 13.0. The summed E-state index contributed by atoms with van der Waals surface area (Å²) in [6, 6.07) is 5.31. The van der Waals surface area contributed by atoms with E-state index >= 15 is 0 Å². The quantitative estimate of drug-likeness (QED) is 0.900. The van der Waals surface area contributed by atoms with Crippen LogP contribution >= 0.6 is 0 Å². The first-order chi connectivity index (χ1) is 8.38. The number of carboxylic acid groups (broad SMARTS) is 1. The van der Waals surface area contributed by atoms with Gasteiger partial charge in [-0.15, -0.1) is 0 Å². The molecule has 1 N–H and O–H groups in total. The monoisotopic (exact) mass is 272 g/mol. The molecule has 3 atom stereocenters. The Balaban J connectivity index is 2.33. The van der Waals surface area contributed by atoms with Crippen LogP contribution in [0.4, 0.5) is 4.39 Å². The first-order valence-electron chi connectivity index (χ1n) is 5.58. The van der Waals surface area contributed by atoms with Gasteiger partial charge in [0.1, 0.15) is 5.82 Å². The smallest absolute Gasteiger partial charge is 0.308 e. The summed E-state index contributed by atoms with van der Waals surface area (Å²) in [4.78, 5) is 11.0. The Hall–Kier alpha value is -1.43. The third-order valence-electron chi connectivity index (χ3n) is 3.31. The van der Waals surface area contributed by atoms with E-state index in [4.69, 9.17) is 5.11 Å². The molecule has 1 aromatic rings. The number of benzene rings is 1. The molecule has 0 amide bonds. The molecule has 1 aliphatic rings. The molecule has 0 radical (unpaired) electrons. The van der Waals surface area contributed by atoms with Crippen molar-refractivity contribution in [1.82, 2.24) is 0 Å². The van der Waals surface area contributed by atoms with Crippen LogP contribution in [0.3, 0.4) is 0 Å². The van der Waals surface area contributed by atoms with Crippen molar-refractivity contribution in [2.45, 2.75) is 18.1 Å². The van der Waals surface area contributed by atoms with Crippen molar-refractivity contribution in [3.05, 3.63) is 35.6 Å². The van der Waals surface area contributed by atoms with Gasteiger partial charge in [-0.05, 0) is 17.7 Å². The average molecular weight is 272 g/mol. The van der Waals surface area contributed by atoms with Crippen LogP contribution in [0, 0.1) is 11.7 Å². The van der Waals surface area contributed by atoms with Crippen LogP contribution in [-0.4, -0.2) is 30.5 Å². The lowest BCUT2D eigenvalue weighted by Crippen LogP contribution is -2.14. The first-order valence-corrected chi connectivity index (χ1v) is 7.30. The van der Waals surface area contributed by atoms with Gasteiger partial charge in [-0.25, -0.2) is 12.8 Å². The van der Waals surface area contributed by atoms with Crippen LogP contribution in [0.25, 0.3) is 0 Å². The molecule has 98 valence electrons. The highest BCUT2D eigenvalue weighted by Crippen LogP contribution is 2.52. The molecular formula is C12H13FO4S. The number of halogens is 1. The second-order valence-corrected chi connectivity index (χ2v) is 6.80. The molecule has 1 aromatic carbocycles. The Kier molecular flexibility index (Phi) is 3.14. The fourth-order valence-corrected chi connectivity index (χ4v) is 4.10. The molecule has 0 spiro atoms. The van der Waals surface area contributed by atoms with Gasteiger partial charge in [-0.1, -0.05) is 19.1 Å². The molecule has 0 aliphatic heterocycles.